The predicted octanol–water partition coefficient (Wildman–Crippen LogP) is 1.16. The zero-order chi connectivity index (χ0) is 13.9. The van der Waals surface area contributed by atoms with Crippen LogP contribution >= 0.6 is 12.2 Å². The zero-order valence-electron chi connectivity index (χ0n) is 11.0. The molecule has 0 saturated heterocycles. The lowest BCUT2D eigenvalue weighted by molar-refractivity contribution is 0.00708. The number of aromatic nitrogens is 2. The average Bonchev–Trinajstić information content (AvgIpc) is 2.57. The Balaban J connectivity index is 2.93. The van der Waals surface area contributed by atoms with Crippen molar-refractivity contribution in [1.82, 2.24) is 15.1 Å². The number of carbonyl (C=O) groups is 1. The van der Waals surface area contributed by atoms with Crippen LogP contribution in [0.4, 0.5) is 5.82 Å². The van der Waals surface area contributed by atoms with Gasteiger partial charge in [-0.05, 0) is 39.9 Å². The molecule has 0 fully saturated rings. The molecule has 0 unspecified atom stereocenters. The number of nitrogens with zero attached hydrogens (tertiary/aromatic N) is 2. The molecule has 0 saturated carbocycles. The van der Waals surface area contributed by atoms with Gasteiger partial charge in [-0.2, -0.15) is 9.78 Å². The molecule has 3 N–H and O–H groups in total. The number of hydrogen-bond acceptors (Lipinski definition) is 5. The maximum Gasteiger partial charge on any atom is 0.344 e. The van der Waals surface area contributed by atoms with Crippen LogP contribution in [0.1, 0.15) is 38.1 Å². The van der Waals surface area contributed by atoms with Gasteiger partial charge in [-0.25, -0.2) is 4.79 Å². The predicted molar refractivity (Wildman–Crippen MR) is 73.5 cm³/mol. The Morgan fingerprint density at radius 1 is 1.61 bits per heavy atom. The monoisotopic (exact) mass is 270 g/mol. The average molecular weight is 270 g/mol. The number of nitrogens with two attached hydrogens (primary N) is 1. The van der Waals surface area contributed by atoms with Crippen LogP contribution in [0.25, 0.3) is 0 Å². The minimum absolute atomic E-state index is 0.176. The fourth-order valence-corrected chi connectivity index (χ4v) is 1.53. The Labute approximate surface area is 111 Å². The molecular weight excluding hydrogens is 252 g/mol. The van der Waals surface area contributed by atoms with Gasteiger partial charge in [0.1, 0.15) is 17.0 Å². The molecule has 0 bridgehead atoms. The summed E-state index contributed by atoms with van der Waals surface area (Å²) in [5.74, 6) is -0.333. The molecule has 0 aromatic carbocycles. The zero-order valence-corrected chi connectivity index (χ0v) is 11.8. The summed E-state index contributed by atoms with van der Waals surface area (Å²) in [6.07, 6.45) is 1.35. The highest BCUT2D eigenvalue weighted by molar-refractivity contribution is 7.80. The minimum Gasteiger partial charge on any atom is -0.456 e. The molecular formula is C11H18N4O2S. The van der Waals surface area contributed by atoms with E-state index in [-0.39, 0.29) is 11.4 Å². The highest BCUT2D eigenvalue weighted by Gasteiger charge is 2.23. The molecule has 0 aliphatic carbocycles. The summed E-state index contributed by atoms with van der Waals surface area (Å²) < 4.78 is 6.53. The Hall–Kier alpha value is -1.63. The first-order valence-corrected chi connectivity index (χ1v) is 6.02. The molecule has 0 atom stereocenters. The van der Waals surface area contributed by atoms with Crippen molar-refractivity contribution in [2.24, 2.45) is 0 Å². The summed E-state index contributed by atoms with van der Waals surface area (Å²) in [7, 11) is 0. The topological polar surface area (TPSA) is 82.2 Å². The normalized spacial score (nSPS) is 11.1. The third-order valence-electron chi connectivity index (χ3n) is 1.95. The lowest BCUT2D eigenvalue weighted by Gasteiger charge is -2.19. The highest BCUT2D eigenvalue weighted by atomic mass is 32.1. The number of ether oxygens (including phenoxy) is 1. The van der Waals surface area contributed by atoms with Crippen molar-refractivity contribution in [3.8, 4) is 0 Å². The molecule has 0 aliphatic rings. The largest absolute Gasteiger partial charge is 0.456 e. The Kier molecular flexibility index (Phi) is 4.28. The first-order valence-electron chi connectivity index (χ1n) is 5.61. The third kappa shape index (κ3) is 3.43. The van der Waals surface area contributed by atoms with E-state index in [0.717, 1.165) is 0 Å². The Morgan fingerprint density at radius 3 is 2.72 bits per heavy atom. The van der Waals surface area contributed by atoms with Crippen LogP contribution in [-0.4, -0.2) is 33.0 Å². The van der Waals surface area contributed by atoms with Crippen molar-refractivity contribution in [3.05, 3.63) is 11.8 Å². The fraction of sp³-hybridized carbons (Fsp3) is 0.545. The van der Waals surface area contributed by atoms with Crippen LogP contribution in [0.5, 0.6) is 0 Å². The number of rotatable bonds is 2. The van der Waals surface area contributed by atoms with Crippen molar-refractivity contribution in [2.45, 2.75) is 33.3 Å². The number of nitrogen functional groups attached to an aromatic ring is 1. The van der Waals surface area contributed by atoms with E-state index in [1.54, 1.807) is 20.8 Å². The summed E-state index contributed by atoms with van der Waals surface area (Å²) in [5.41, 5.74) is 5.46. The van der Waals surface area contributed by atoms with E-state index in [1.807, 2.05) is 6.92 Å². The second kappa shape index (κ2) is 5.34. The van der Waals surface area contributed by atoms with E-state index in [9.17, 15) is 4.79 Å². The van der Waals surface area contributed by atoms with Crippen LogP contribution in [0.3, 0.4) is 0 Å². The number of carbonyl (C=O) groups excluding carboxylic acids is 1. The molecule has 0 amide bonds. The SMILES string of the molecule is CCNC(=S)n1ncc(C(=O)OC(C)(C)C)c1N. The molecule has 0 aliphatic heterocycles. The first-order chi connectivity index (χ1) is 8.26. The van der Waals surface area contributed by atoms with Gasteiger partial charge in [0.2, 0.25) is 0 Å². The number of esters is 1. The Bertz CT molecular complexity index is 462. The summed E-state index contributed by atoms with van der Waals surface area (Å²) in [6, 6.07) is 0. The van der Waals surface area contributed by atoms with E-state index in [2.05, 4.69) is 10.4 Å². The van der Waals surface area contributed by atoms with Crippen molar-refractivity contribution in [1.29, 1.82) is 0 Å². The van der Waals surface area contributed by atoms with Crippen LogP contribution in [0.2, 0.25) is 0 Å². The lowest BCUT2D eigenvalue weighted by Crippen LogP contribution is -2.30. The van der Waals surface area contributed by atoms with Crippen LogP contribution in [0.15, 0.2) is 6.20 Å². The number of hydrogen-bond donors (Lipinski definition) is 2. The highest BCUT2D eigenvalue weighted by Crippen LogP contribution is 2.16. The smallest absolute Gasteiger partial charge is 0.344 e. The maximum absolute atomic E-state index is 11.9. The van der Waals surface area contributed by atoms with Crippen LogP contribution in [0, 0.1) is 0 Å². The summed E-state index contributed by atoms with van der Waals surface area (Å²) >= 11 is 5.07. The number of nitrogens with one attached hydrogen (secondary N) is 1. The Morgan fingerprint density at radius 2 is 2.22 bits per heavy atom. The van der Waals surface area contributed by atoms with Crippen LogP contribution in [-0.2, 0) is 4.74 Å². The molecule has 1 aromatic heterocycles. The van der Waals surface area contributed by atoms with E-state index in [4.69, 9.17) is 22.7 Å². The molecule has 1 heterocycles. The van der Waals surface area contributed by atoms with E-state index >= 15 is 0 Å². The second-order valence-electron chi connectivity index (χ2n) is 4.69. The van der Waals surface area contributed by atoms with Crippen molar-refractivity contribution in [3.63, 3.8) is 0 Å². The second-order valence-corrected chi connectivity index (χ2v) is 5.08. The van der Waals surface area contributed by atoms with E-state index < -0.39 is 11.6 Å². The quantitative estimate of drug-likeness (QED) is 0.620. The van der Waals surface area contributed by atoms with E-state index in [1.165, 1.54) is 10.9 Å². The van der Waals surface area contributed by atoms with Crippen molar-refractivity contribution < 1.29 is 9.53 Å². The molecule has 0 radical (unpaired) electrons. The summed E-state index contributed by atoms with van der Waals surface area (Å²) in [6.45, 7) is 7.92. The molecule has 0 spiro atoms. The fourth-order valence-electron chi connectivity index (χ4n) is 1.24. The molecule has 7 heteroatoms. The third-order valence-corrected chi connectivity index (χ3v) is 2.26. The van der Waals surface area contributed by atoms with Gasteiger partial charge in [0.25, 0.3) is 0 Å². The number of thiocarbonyl (C=S) groups is 1. The van der Waals surface area contributed by atoms with Gasteiger partial charge in [-0.15, -0.1) is 0 Å². The molecule has 1 rings (SSSR count). The van der Waals surface area contributed by atoms with Gasteiger partial charge in [0.15, 0.2) is 5.11 Å². The van der Waals surface area contributed by atoms with Gasteiger partial charge >= 0.3 is 5.97 Å². The lowest BCUT2D eigenvalue weighted by atomic mass is 10.2. The standard InChI is InChI=1S/C11H18N4O2S/c1-5-13-10(18)15-8(12)7(6-14-15)9(16)17-11(2,3)4/h6H,5,12H2,1-4H3,(H,13,18). The summed E-state index contributed by atoms with van der Waals surface area (Å²) in [4.78, 5) is 11.9. The minimum atomic E-state index is -0.576. The van der Waals surface area contributed by atoms with Crippen molar-refractivity contribution >= 4 is 29.1 Å². The van der Waals surface area contributed by atoms with Crippen molar-refractivity contribution in [2.75, 3.05) is 12.3 Å². The van der Waals surface area contributed by atoms with Gasteiger partial charge in [-0.1, -0.05) is 0 Å². The first kappa shape index (κ1) is 14.4. The van der Waals surface area contributed by atoms with Gasteiger partial charge in [0.05, 0.1) is 6.20 Å². The van der Waals surface area contributed by atoms with Crippen LogP contribution < -0.4 is 11.1 Å². The molecule has 100 valence electrons. The molecule has 18 heavy (non-hydrogen) atoms. The van der Waals surface area contributed by atoms with Gasteiger partial charge in [-0.3, -0.25) is 0 Å². The van der Waals surface area contributed by atoms with Gasteiger partial charge < -0.3 is 15.8 Å². The van der Waals surface area contributed by atoms with Gasteiger partial charge in [0, 0.05) is 6.54 Å². The number of anilines is 1. The maximum atomic E-state index is 11.9. The summed E-state index contributed by atoms with van der Waals surface area (Å²) in [5, 5.41) is 7.23. The van der Waals surface area contributed by atoms with E-state index in [0.29, 0.717) is 11.7 Å². The molecule has 6 nitrogen and oxygen atoms in total. The molecule has 1 aromatic rings.